The van der Waals surface area contributed by atoms with Gasteiger partial charge in [0.2, 0.25) is 0 Å². The molecule has 0 amide bonds. The van der Waals surface area contributed by atoms with E-state index in [9.17, 15) is 9.18 Å². The van der Waals surface area contributed by atoms with Crippen LogP contribution in [0.3, 0.4) is 0 Å². The van der Waals surface area contributed by atoms with Crippen molar-refractivity contribution in [2.24, 2.45) is 0 Å². The topological polar surface area (TPSA) is 39.2 Å². The molecule has 1 heterocycles. The Morgan fingerprint density at radius 2 is 2.10 bits per heavy atom. The van der Waals surface area contributed by atoms with E-state index in [1.807, 2.05) is 0 Å². The van der Waals surface area contributed by atoms with Crippen LogP contribution in [0.15, 0.2) is 30.3 Å². The molecule has 0 radical (unpaired) electrons. The molecule has 2 rings (SSSR count). The highest BCUT2D eigenvalue weighted by Gasteiger charge is 2.13. The quantitative estimate of drug-likeness (QED) is 0.795. The zero-order valence-electron chi connectivity index (χ0n) is 11.1. The summed E-state index contributed by atoms with van der Waals surface area (Å²) in [5.41, 5.74) is 1.41. The Morgan fingerprint density at radius 3 is 2.70 bits per heavy atom. The van der Waals surface area contributed by atoms with Gasteiger partial charge in [-0.1, -0.05) is 18.5 Å². The summed E-state index contributed by atoms with van der Waals surface area (Å²) in [5, 5.41) is -0.00132. The van der Waals surface area contributed by atoms with Crippen LogP contribution in [0.4, 0.5) is 4.39 Å². The van der Waals surface area contributed by atoms with Crippen LogP contribution < -0.4 is 4.74 Å². The van der Waals surface area contributed by atoms with Gasteiger partial charge in [0.1, 0.15) is 23.0 Å². The summed E-state index contributed by atoms with van der Waals surface area (Å²) in [7, 11) is 1.51. The maximum Gasteiger partial charge on any atom is 0.180 e. The Balaban J connectivity index is 2.57. The first kappa shape index (κ1) is 14.5. The molecule has 0 saturated heterocycles. The minimum Gasteiger partial charge on any atom is -0.494 e. The molecule has 5 heteroatoms. The first-order valence-electron chi connectivity index (χ1n) is 6.10. The van der Waals surface area contributed by atoms with Crippen molar-refractivity contribution in [3.63, 3.8) is 0 Å². The second-order valence-corrected chi connectivity index (χ2v) is 4.56. The van der Waals surface area contributed by atoms with Gasteiger partial charge in [0.05, 0.1) is 12.1 Å². The number of carbonyl (C=O) groups is 1. The molecule has 20 heavy (non-hydrogen) atoms. The van der Waals surface area contributed by atoms with E-state index < -0.39 is 5.82 Å². The standard InChI is InChI=1S/C15H13ClFNO2/c1-3-13(19)12-6-7-14(20-2)15(18-12)9-4-5-11(17)10(16)8-9/h4-8H,3H2,1-2H3. The van der Waals surface area contributed by atoms with Crippen molar-refractivity contribution < 1.29 is 13.9 Å². The van der Waals surface area contributed by atoms with Crippen molar-refractivity contribution in [1.82, 2.24) is 4.98 Å². The number of aromatic nitrogens is 1. The van der Waals surface area contributed by atoms with Gasteiger partial charge in [0.15, 0.2) is 5.78 Å². The average molecular weight is 294 g/mol. The van der Waals surface area contributed by atoms with Crippen LogP contribution in [0.25, 0.3) is 11.3 Å². The third-order valence-corrected chi connectivity index (χ3v) is 3.17. The van der Waals surface area contributed by atoms with Gasteiger partial charge in [-0.25, -0.2) is 9.37 Å². The third-order valence-electron chi connectivity index (χ3n) is 2.88. The lowest BCUT2D eigenvalue weighted by atomic mass is 10.1. The Kier molecular flexibility index (Phi) is 4.35. The summed E-state index contributed by atoms with van der Waals surface area (Å²) in [6, 6.07) is 7.54. The summed E-state index contributed by atoms with van der Waals surface area (Å²) in [4.78, 5) is 16.0. The molecule has 0 fully saturated rings. The number of carbonyl (C=O) groups excluding carboxylic acids is 1. The third kappa shape index (κ3) is 2.80. The van der Waals surface area contributed by atoms with Gasteiger partial charge in [0.25, 0.3) is 0 Å². The molecule has 104 valence electrons. The molecule has 3 nitrogen and oxygen atoms in total. The highest BCUT2D eigenvalue weighted by atomic mass is 35.5. The highest BCUT2D eigenvalue weighted by Crippen LogP contribution is 2.31. The predicted octanol–water partition coefficient (Wildman–Crippen LogP) is 4.14. The number of rotatable bonds is 4. The number of ketones is 1. The molecule has 0 aliphatic heterocycles. The average Bonchev–Trinajstić information content (AvgIpc) is 2.48. The van der Waals surface area contributed by atoms with Crippen molar-refractivity contribution in [2.75, 3.05) is 7.11 Å². The molecule has 0 saturated carbocycles. The van der Waals surface area contributed by atoms with Gasteiger partial charge in [-0.15, -0.1) is 0 Å². The second-order valence-electron chi connectivity index (χ2n) is 4.15. The normalized spacial score (nSPS) is 10.4. The van der Waals surface area contributed by atoms with E-state index in [0.29, 0.717) is 29.1 Å². The number of benzene rings is 1. The Hall–Kier alpha value is -1.94. The number of pyridine rings is 1. The van der Waals surface area contributed by atoms with Crippen molar-refractivity contribution in [1.29, 1.82) is 0 Å². The molecule has 2 aromatic rings. The molecule has 0 unspecified atom stereocenters. The lowest BCUT2D eigenvalue weighted by Crippen LogP contribution is -2.02. The van der Waals surface area contributed by atoms with Gasteiger partial charge in [0, 0.05) is 12.0 Å². The van der Waals surface area contributed by atoms with Crippen LogP contribution >= 0.6 is 11.6 Å². The molecule has 0 aliphatic carbocycles. The van der Waals surface area contributed by atoms with E-state index in [2.05, 4.69) is 4.98 Å². The van der Waals surface area contributed by atoms with Crippen LogP contribution in [-0.4, -0.2) is 17.9 Å². The summed E-state index contributed by atoms with van der Waals surface area (Å²) in [5.74, 6) is -0.0717. The number of hydrogen-bond acceptors (Lipinski definition) is 3. The van der Waals surface area contributed by atoms with Crippen molar-refractivity contribution in [2.45, 2.75) is 13.3 Å². The van der Waals surface area contributed by atoms with E-state index in [0.717, 1.165) is 0 Å². The Bertz CT molecular complexity index is 658. The lowest BCUT2D eigenvalue weighted by molar-refractivity contribution is 0.0983. The molecule has 0 atom stereocenters. The lowest BCUT2D eigenvalue weighted by Gasteiger charge is -2.10. The van der Waals surface area contributed by atoms with E-state index >= 15 is 0 Å². The van der Waals surface area contributed by atoms with Crippen LogP contribution in [-0.2, 0) is 0 Å². The first-order chi connectivity index (χ1) is 9.56. The van der Waals surface area contributed by atoms with Gasteiger partial charge >= 0.3 is 0 Å². The zero-order chi connectivity index (χ0) is 14.7. The molecule has 0 aliphatic rings. The van der Waals surface area contributed by atoms with Crippen LogP contribution in [0, 0.1) is 5.82 Å². The number of ether oxygens (including phenoxy) is 1. The van der Waals surface area contributed by atoms with Crippen molar-refractivity contribution >= 4 is 17.4 Å². The van der Waals surface area contributed by atoms with Crippen molar-refractivity contribution in [3.8, 4) is 17.0 Å². The highest BCUT2D eigenvalue weighted by molar-refractivity contribution is 6.31. The maximum absolute atomic E-state index is 13.2. The Morgan fingerprint density at radius 1 is 1.35 bits per heavy atom. The fourth-order valence-corrected chi connectivity index (χ4v) is 1.98. The second kappa shape index (κ2) is 6.01. The monoisotopic (exact) mass is 293 g/mol. The zero-order valence-corrected chi connectivity index (χ0v) is 11.9. The number of methoxy groups -OCH3 is 1. The van der Waals surface area contributed by atoms with Crippen LogP contribution in [0.2, 0.25) is 5.02 Å². The first-order valence-corrected chi connectivity index (χ1v) is 6.48. The molecular formula is C15H13ClFNO2. The minimum absolute atomic E-state index is 0.00132. The van der Waals surface area contributed by atoms with Gasteiger partial charge in [-0.05, 0) is 30.3 Å². The van der Waals surface area contributed by atoms with E-state index in [1.54, 1.807) is 25.1 Å². The molecule has 0 spiro atoms. The fraction of sp³-hybridized carbons (Fsp3) is 0.200. The summed E-state index contributed by atoms with van der Waals surface area (Å²) < 4.78 is 18.4. The molecule has 0 bridgehead atoms. The largest absolute Gasteiger partial charge is 0.494 e. The fourth-order valence-electron chi connectivity index (χ4n) is 1.80. The van der Waals surface area contributed by atoms with Gasteiger partial charge < -0.3 is 4.74 Å². The smallest absolute Gasteiger partial charge is 0.180 e. The van der Waals surface area contributed by atoms with Gasteiger partial charge in [-0.2, -0.15) is 0 Å². The molecule has 1 aromatic carbocycles. The summed E-state index contributed by atoms with van der Waals surface area (Å²) in [6.45, 7) is 1.77. The number of hydrogen-bond donors (Lipinski definition) is 0. The van der Waals surface area contributed by atoms with E-state index in [1.165, 1.54) is 19.2 Å². The number of nitrogens with zero attached hydrogens (tertiary/aromatic N) is 1. The van der Waals surface area contributed by atoms with E-state index in [4.69, 9.17) is 16.3 Å². The number of halogens is 2. The summed E-state index contributed by atoms with van der Waals surface area (Å²) >= 11 is 5.78. The molecular weight excluding hydrogens is 281 g/mol. The van der Waals surface area contributed by atoms with E-state index in [-0.39, 0.29) is 10.8 Å². The maximum atomic E-state index is 13.2. The van der Waals surface area contributed by atoms with Crippen molar-refractivity contribution in [3.05, 3.63) is 46.9 Å². The SMILES string of the molecule is CCC(=O)c1ccc(OC)c(-c2ccc(F)c(Cl)c2)n1. The summed E-state index contributed by atoms with van der Waals surface area (Å²) in [6.07, 6.45) is 0.364. The Labute approximate surface area is 121 Å². The minimum atomic E-state index is -0.504. The molecule has 1 aromatic heterocycles. The van der Waals surface area contributed by atoms with Crippen LogP contribution in [0.1, 0.15) is 23.8 Å². The number of Topliss-reactive ketones (excluding diaryl/α,β-unsaturated/α-hetero) is 1. The van der Waals surface area contributed by atoms with Gasteiger partial charge in [-0.3, -0.25) is 4.79 Å². The van der Waals surface area contributed by atoms with Crippen LogP contribution in [0.5, 0.6) is 5.75 Å². The predicted molar refractivity (Wildman–Crippen MR) is 75.8 cm³/mol. The molecule has 0 N–H and O–H groups in total.